The maximum Gasteiger partial charge on any atom is 0.300 e. The molecule has 0 radical (unpaired) electrons. The van der Waals surface area contributed by atoms with Crippen molar-refractivity contribution >= 4 is 23.3 Å². The number of nitrogens with zero attached hydrogens (tertiary/aromatic N) is 2. The predicted molar refractivity (Wildman–Crippen MR) is 126 cm³/mol. The fourth-order valence-electron chi connectivity index (χ4n) is 3.90. The van der Waals surface area contributed by atoms with Gasteiger partial charge in [-0.15, -0.1) is 0 Å². The molecule has 0 aliphatic carbocycles. The van der Waals surface area contributed by atoms with E-state index in [1.165, 1.54) is 10.7 Å². The van der Waals surface area contributed by atoms with Gasteiger partial charge in [-0.1, -0.05) is 25.8 Å². The first-order valence-corrected chi connectivity index (χ1v) is 10.4. The zero-order chi connectivity index (χ0) is 23.9. The van der Waals surface area contributed by atoms with E-state index in [-0.39, 0.29) is 22.7 Å². The average Bonchev–Trinajstić information content (AvgIpc) is 3.14. The molecule has 2 aromatic carbocycles. The van der Waals surface area contributed by atoms with E-state index in [4.69, 9.17) is 5.73 Å². The van der Waals surface area contributed by atoms with Gasteiger partial charge in [0.25, 0.3) is 11.8 Å². The van der Waals surface area contributed by atoms with Crippen molar-refractivity contribution in [2.75, 3.05) is 17.6 Å². The first kappa shape index (κ1) is 22.1. The van der Waals surface area contributed by atoms with Crippen molar-refractivity contribution in [1.82, 2.24) is 15.1 Å². The molecule has 0 atom stereocenters. The van der Waals surface area contributed by atoms with Crippen molar-refractivity contribution in [3.05, 3.63) is 59.0 Å². The highest BCUT2D eigenvalue weighted by Gasteiger charge is 2.33. The monoisotopic (exact) mass is 445 g/mol. The van der Waals surface area contributed by atoms with E-state index in [1.807, 2.05) is 32.9 Å². The Morgan fingerprint density at radius 2 is 2.00 bits per heavy atom. The summed E-state index contributed by atoms with van der Waals surface area (Å²) in [5.74, 6) is 3.89. The highest BCUT2D eigenvalue weighted by Crippen LogP contribution is 2.37. The summed E-state index contributed by atoms with van der Waals surface area (Å²) >= 11 is 0. The number of hydrogen-bond acceptors (Lipinski definition) is 4. The number of nitrogen functional groups attached to an aromatic ring is 1. The molecule has 0 saturated heterocycles. The number of anilines is 2. The molecule has 0 bridgehead atoms. The molecule has 0 fully saturated rings. The van der Waals surface area contributed by atoms with Gasteiger partial charge in [-0.2, -0.15) is 5.10 Å². The van der Waals surface area contributed by atoms with Crippen LogP contribution < -0.4 is 16.4 Å². The molecule has 0 saturated carbocycles. The number of rotatable bonds is 3. The summed E-state index contributed by atoms with van der Waals surface area (Å²) in [6.07, 6.45) is 1.64. The third kappa shape index (κ3) is 4.05. The van der Waals surface area contributed by atoms with Gasteiger partial charge in [0.1, 0.15) is 5.82 Å². The maximum absolute atomic E-state index is 15.1. The minimum atomic E-state index is -0.553. The summed E-state index contributed by atoms with van der Waals surface area (Å²) in [4.78, 5) is 24.1. The lowest BCUT2D eigenvalue weighted by Crippen LogP contribution is -2.43. The third-order valence-corrected chi connectivity index (χ3v) is 5.78. The average molecular weight is 445 g/mol. The lowest BCUT2D eigenvalue weighted by molar-refractivity contribution is -0.111. The summed E-state index contributed by atoms with van der Waals surface area (Å²) in [6.45, 7) is 7.89. The Labute approximate surface area is 191 Å². The Kier molecular flexibility index (Phi) is 5.42. The largest absolute Gasteiger partial charge is 0.382 e. The molecule has 0 unspecified atom stereocenters. The number of halogens is 1. The standard InChI is InChI=1S/C25H24FN5O2/c1-5-6-22(32)29-21-9-15(8-7-14(21)2)31-12-18(23(27)30-31)16-10-19-17(11-20(16)26)24(33)28-13-25(19,3)4/h7-12H,13H2,1-4H3,(H2,27,30)(H,28,33)(H,29,32). The quantitative estimate of drug-likeness (QED) is 0.537. The molecule has 0 spiro atoms. The van der Waals surface area contributed by atoms with Gasteiger partial charge in [-0.25, -0.2) is 9.07 Å². The van der Waals surface area contributed by atoms with Gasteiger partial charge in [0.2, 0.25) is 0 Å². The van der Waals surface area contributed by atoms with Gasteiger partial charge < -0.3 is 16.4 Å². The minimum absolute atomic E-state index is 0.148. The van der Waals surface area contributed by atoms with E-state index in [0.29, 0.717) is 29.0 Å². The molecule has 7 nitrogen and oxygen atoms in total. The number of nitrogens with one attached hydrogen (secondary N) is 2. The highest BCUT2D eigenvalue weighted by molar-refractivity contribution is 6.04. The Balaban J connectivity index is 1.77. The lowest BCUT2D eigenvalue weighted by atomic mass is 9.77. The van der Waals surface area contributed by atoms with Gasteiger partial charge in [0.15, 0.2) is 5.82 Å². The lowest BCUT2D eigenvalue weighted by Gasteiger charge is -2.33. The van der Waals surface area contributed by atoms with Crippen LogP contribution >= 0.6 is 0 Å². The molecular formula is C25H24FN5O2. The summed E-state index contributed by atoms with van der Waals surface area (Å²) in [7, 11) is 0. The molecule has 4 rings (SSSR count). The van der Waals surface area contributed by atoms with Gasteiger partial charge in [0, 0.05) is 40.5 Å². The topological polar surface area (TPSA) is 102 Å². The number of benzene rings is 2. The van der Waals surface area contributed by atoms with Crippen molar-refractivity contribution in [1.29, 1.82) is 0 Å². The van der Waals surface area contributed by atoms with E-state index in [1.54, 1.807) is 25.3 Å². The van der Waals surface area contributed by atoms with Crippen LogP contribution in [0.5, 0.6) is 0 Å². The second-order valence-electron chi connectivity index (χ2n) is 8.65. The zero-order valence-corrected chi connectivity index (χ0v) is 18.8. The summed E-state index contributed by atoms with van der Waals surface area (Å²) in [6, 6.07) is 8.35. The van der Waals surface area contributed by atoms with E-state index in [9.17, 15) is 9.59 Å². The molecule has 1 aromatic heterocycles. The van der Waals surface area contributed by atoms with Crippen LogP contribution in [0.2, 0.25) is 0 Å². The molecule has 2 heterocycles. The van der Waals surface area contributed by atoms with Crippen molar-refractivity contribution in [3.8, 4) is 28.7 Å². The third-order valence-electron chi connectivity index (χ3n) is 5.78. The second-order valence-corrected chi connectivity index (χ2v) is 8.65. The SMILES string of the molecule is CC#CC(=O)Nc1cc(-n2cc(-c3cc4c(cc3F)C(=O)NCC4(C)C)c(N)n2)ccc1C. The molecule has 3 aromatic rings. The first-order valence-electron chi connectivity index (χ1n) is 10.4. The number of hydrogen-bond donors (Lipinski definition) is 3. The summed E-state index contributed by atoms with van der Waals surface area (Å²) in [5.41, 5.74) is 9.67. The molecule has 168 valence electrons. The van der Waals surface area contributed by atoms with Gasteiger partial charge in [0.05, 0.1) is 5.69 Å². The zero-order valence-electron chi connectivity index (χ0n) is 18.8. The Hall–Kier alpha value is -4.12. The van der Waals surface area contributed by atoms with E-state index in [0.717, 1.165) is 11.1 Å². The van der Waals surface area contributed by atoms with Crippen molar-refractivity contribution < 1.29 is 14.0 Å². The Morgan fingerprint density at radius 3 is 2.73 bits per heavy atom. The van der Waals surface area contributed by atoms with Crippen LogP contribution in [-0.4, -0.2) is 28.1 Å². The minimum Gasteiger partial charge on any atom is -0.382 e. The van der Waals surface area contributed by atoms with Crippen LogP contribution in [0.1, 0.15) is 42.3 Å². The number of amides is 2. The number of carbonyl (C=O) groups is 2. The Bertz CT molecular complexity index is 1360. The molecular weight excluding hydrogens is 421 g/mol. The predicted octanol–water partition coefficient (Wildman–Crippen LogP) is 3.55. The number of nitrogens with two attached hydrogens (primary N) is 1. The van der Waals surface area contributed by atoms with E-state index >= 15 is 4.39 Å². The van der Waals surface area contributed by atoms with Crippen molar-refractivity contribution in [2.45, 2.75) is 33.1 Å². The smallest absolute Gasteiger partial charge is 0.300 e. The van der Waals surface area contributed by atoms with Gasteiger partial charge in [-0.3, -0.25) is 9.59 Å². The molecule has 1 aliphatic heterocycles. The number of aromatic nitrogens is 2. The van der Waals surface area contributed by atoms with Crippen LogP contribution in [-0.2, 0) is 10.2 Å². The fraction of sp³-hybridized carbons (Fsp3) is 0.240. The molecule has 1 aliphatic rings. The van der Waals surface area contributed by atoms with Gasteiger partial charge in [-0.05, 0) is 55.2 Å². The van der Waals surface area contributed by atoms with Crippen LogP contribution in [0.3, 0.4) is 0 Å². The van der Waals surface area contributed by atoms with Crippen LogP contribution in [0.15, 0.2) is 36.5 Å². The van der Waals surface area contributed by atoms with Crippen molar-refractivity contribution in [2.24, 2.45) is 0 Å². The highest BCUT2D eigenvalue weighted by atomic mass is 19.1. The van der Waals surface area contributed by atoms with Crippen LogP contribution in [0.4, 0.5) is 15.9 Å². The van der Waals surface area contributed by atoms with Crippen molar-refractivity contribution in [3.63, 3.8) is 0 Å². The van der Waals surface area contributed by atoms with Crippen LogP contribution in [0, 0.1) is 24.6 Å². The summed E-state index contributed by atoms with van der Waals surface area (Å²) < 4.78 is 16.6. The number of carbonyl (C=O) groups excluding carboxylic acids is 2. The first-order chi connectivity index (χ1) is 15.6. The molecule has 8 heteroatoms. The van der Waals surface area contributed by atoms with E-state index in [2.05, 4.69) is 27.6 Å². The number of aryl methyl sites for hydroxylation is 1. The Morgan fingerprint density at radius 1 is 1.24 bits per heavy atom. The fourth-order valence-corrected chi connectivity index (χ4v) is 3.90. The molecule has 4 N–H and O–H groups in total. The molecule has 33 heavy (non-hydrogen) atoms. The number of fused-ring (bicyclic) bond motifs is 1. The van der Waals surface area contributed by atoms with E-state index < -0.39 is 11.7 Å². The second kappa shape index (κ2) is 8.10. The molecule has 2 amide bonds. The maximum atomic E-state index is 15.1. The normalized spacial score (nSPS) is 14.0. The summed E-state index contributed by atoms with van der Waals surface area (Å²) in [5, 5.41) is 9.90. The van der Waals surface area contributed by atoms with Crippen LogP contribution in [0.25, 0.3) is 16.8 Å². The van der Waals surface area contributed by atoms with Gasteiger partial charge >= 0.3 is 0 Å².